The van der Waals surface area contributed by atoms with Crippen LogP contribution in [0.3, 0.4) is 0 Å². The van der Waals surface area contributed by atoms with Crippen LogP contribution in [0, 0.1) is 12.8 Å². The standard InChI is InChI=1S/C13H19ClN2O2S.ClH/c1-10-3-2-4-12(13(10)14)19(17,18)16-8-6-11-5-7-15-9-11;/h2-4,11,15-16H,5-9H2,1H3;1H. The van der Waals surface area contributed by atoms with E-state index in [1.807, 2.05) is 0 Å². The first-order valence-electron chi connectivity index (χ1n) is 6.46. The molecule has 0 aliphatic carbocycles. The molecule has 1 aromatic rings. The normalized spacial score (nSPS) is 18.8. The van der Waals surface area contributed by atoms with Crippen LogP contribution in [0.2, 0.25) is 5.02 Å². The number of sulfonamides is 1. The van der Waals surface area contributed by atoms with Crippen molar-refractivity contribution in [1.29, 1.82) is 0 Å². The number of hydrogen-bond acceptors (Lipinski definition) is 3. The molecule has 0 saturated carbocycles. The second-order valence-corrected chi connectivity index (χ2v) is 7.05. The maximum atomic E-state index is 12.2. The Kier molecular flexibility index (Phi) is 6.75. The Morgan fingerprint density at radius 1 is 1.45 bits per heavy atom. The van der Waals surface area contributed by atoms with Crippen LogP contribution in [0.4, 0.5) is 0 Å². The van der Waals surface area contributed by atoms with Crippen molar-refractivity contribution in [3.05, 3.63) is 28.8 Å². The Bertz CT molecular complexity index is 543. The van der Waals surface area contributed by atoms with E-state index in [1.54, 1.807) is 19.1 Å². The van der Waals surface area contributed by atoms with Gasteiger partial charge >= 0.3 is 0 Å². The van der Waals surface area contributed by atoms with Crippen molar-refractivity contribution >= 4 is 34.0 Å². The van der Waals surface area contributed by atoms with Crippen molar-refractivity contribution < 1.29 is 8.42 Å². The van der Waals surface area contributed by atoms with E-state index < -0.39 is 10.0 Å². The van der Waals surface area contributed by atoms with Gasteiger partial charge in [0.1, 0.15) is 4.90 Å². The summed E-state index contributed by atoms with van der Waals surface area (Å²) in [5, 5.41) is 3.57. The van der Waals surface area contributed by atoms with Gasteiger partial charge < -0.3 is 5.32 Å². The average molecular weight is 339 g/mol. The summed E-state index contributed by atoms with van der Waals surface area (Å²) in [6, 6.07) is 5.04. The zero-order valence-electron chi connectivity index (χ0n) is 11.4. The molecule has 2 rings (SSSR count). The molecule has 20 heavy (non-hydrogen) atoms. The maximum Gasteiger partial charge on any atom is 0.242 e. The number of halogens is 2. The van der Waals surface area contributed by atoms with E-state index in [2.05, 4.69) is 10.0 Å². The van der Waals surface area contributed by atoms with E-state index >= 15 is 0 Å². The number of aryl methyl sites for hydroxylation is 1. The van der Waals surface area contributed by atoms with Gasteiger partial charge in [0.05, 0.1) is 5.02 Å². The highest BCUT2D eigenvalue weighted by atomic mass is 35.5. The highest BCUT2D eigenvalue weighted by molar-refractivity contribution is 7.89. The fourth-order valence-corrected chi connectivity index (χ4v) is 3.89. The van der Waals surface area contributed by atoms with E-state index in [4.69, 9.17) is 11.6 Å². The molecule has 0 aromatic heterocycles. The van der Waals surface area contributed by atoms with Crippen molar-refractivity contribution in [2.24, 2.45) is 5.92 Å². The molecule has 0 bridgehead atoms. The molecule has 1 aliphatic heterocycles. The van der Waals surface area contributed by atoms with Gasteiger partial charge in [0.25, 0.3) is 0 Å². The molecule has 1 unspecified atom stereocenters. The summed E-state index contributed by atoms with van der Waals surface area (Å²) in [4.78, 5) is 0.165. The minimum Gasteiger partial charge on any atom is -0.316 e. The van der Waals surface area contributed by atoms with Gasteiger partial charge in [-0.2, -0.15) is 0 Å². The fourth-order valence-electron chi connectivity index (χ4n) is 2.26. The molecule has 1 saturated heterocycles. The monoisotopic (exact) mass is 338 g/mol. The van der Waals surface area contributed by atoms with E-state index in [9.17, 15) is 8.42 Å². The van der Waals surface area contributed by atoms with Crippen molar-refractivity contribution in [1.82, 2.24) is 10.0 Å². The van der Waals surface area contributed by atoms with Crippen LogP contribution >= 0.6 is 24.0 Å². The summed E-state index contributed by atoms with van der Waals surface area (Å²) in [5.74, 6) is 0.565. The highest BCUT2D eigenvalue weighted by Crippen LogP contribution is 2.24. The van der Waals surface area contributed by atoms with E-state index in [1.165, 1.54) is 6.07 Å². The summed E-state index contributed by atoms with van der Waals surface area (Å²) >= 11 is 6.05. The van der Waals surface area contributed by atoms with Gasteiger partial charge in [-0.05, 0) is 50.4 Å². The van der Waals surface area contributed by atoms with Crippen molar-refractivity contribution in [2.45, 2.75) is 24.7 Å². The highest BCUT2D eigenvalue weighted by Gasteiger charge is 2.20. The summed E-state index contributed by atoms with van der Waals surface area (Å²) < 4.78 is 27.0. The molecular weight excluding hydrogens is 319 g/mol. The quantitative estimate of drug-likeness (QED) is 0.866. The van der Waals surface area contributed by atoms with E-state index in [0.717, 1.165) is 31.5 Å². The van der Waals surface area contributed by atoms with Crippen LogP contribution < -0.4 is 10.0 Å². The lowest BCUT2D eigenvalue weighted by atomic mass is 10.1. The van der Waals surface area contributed by atoms with Crippen LogP contribution in [0.1, 0.15) is 18.4 Å². The number of hydrogen-bond donors (Lipinski definition) is 2. The molecule has 4 nitrogen and oxygen atoms in total. The fraction of sp³-hybridized carbons (Fsp3) is 0.538. The predicted molar refractivity (Wildman–Crippen MR) is 84.2 cm³/mol. The summed E-state index contributed by atoms with van der Waals surface area (Å²) in [6.45, 7) is 4.26. The second kappa shape index (κ2) is 7.61. The molecule has 1 atom stereocenters. The summed E-state index contributed by atoms with van der Waals surface area (Å²) in [7, 11) is -3.51. The molecule has 0 radical (unpaired) electrons. The lowest BCUT2D eigenvalue weighted by Gasteiger charge is -2.11. The minimum atomic E-state index is -3.51. The molecule has 7 heteroatoms. The van der Waals surface area contributed by atoms with Gasteiger partial charge in [-0.15, -0.1) is 12.4 Å². The summed E-state index contributed by atoms with van der Waals surface area (Å²) in [6.07, 6.45) is 1.97. The van der Waals surface area contributed by atoms with Crippen LogP contribution in [0.25, 0.3) is 0 Å². The Morgan fingerprint density at radius 2 is 2.20 bits per heavy atom. The third kappa shape index (κ3) is 4.33. The van der Waals surface area contributed by atoms with Gasteiger partial charge in [-0.25, -0.2) is 13.1 Å². The third-order valence-corrected chi connectivity index (χ3v) is 5.57. The molecule has 0 spiro atoms. The van der Waals surface area contributed by atoms with Crippen molar-refractivity contribution in [3.63, 3.8) is 0 Å². The van der Waals surface area contributed by atoms with Crippen molar-refractivity contribution in [2.75, 3.05) is 19.6 Å². The first-order chi connectivity index (χ1) is 9.00. The molecule has 2 N–H and O–H groups in total. The molecule has 1 heterocycles. The van der Waals surface area contributed by atoms with Gasteiger partial charge in [0, 0.05) is 6.54 Å². The first kappa shape index (κ1) is 17.7. The molecule has 1 fully saturated rings. The number of nitrogens with one attached hydrogen (secondary N) is 2. The zero-order chi connectivity index (χ0) is 13.9. The number of rotatable bonds is 5. The SMILES string of the molecule is Cc1cccc(S(=O)(=O)NCCC2CCNC2)c1Cl.Cl. The largest absolute Gasteiger partial charge is 0.316 e. The predicted octanol–water partition coefficient (Wildman–Crippen LogP) is 2.35. The zero-order valence-corrected chi connectivity index (χ0v) is 13.7. The topological polar surface area (TPSA) is 58.2 Å². The lowest BCUT2D eigenvalue weighted by molar-refractivity contribution is 0.519. The molecular formula is C13H20Cl2N2O2S. The third-order valence-electron chi connectivity index (χ3n) is 3.45. The van der Waals surface area contributed by atoms with Gasteiger partial charge in [0.15, 0.2) is 0 Å². The molecule has 114 valence electrons. The van der Waals surface area contributed by atoms with Gasteiger partial charge in [-0.3, -0.25) is 0 Å². The smallest absolute Gasteiger partial charge is 0.242 e. The Labute approximate surface area is 131 Å². The Balaban J connectivity index is 0.00000200. The molecule has 1 aromatic carbocycles. The molecule has 1 aliphatic rings. The van der Waals surface area contributed by atoms with Crippen molar-refractivity contribution in [3.8, 4) is 0 Å². The lowest BCUT2D eigenvalue weighted by Crippen LogP contribution is -2.27. The minimum absolute atomic E-state index is 0. The number of benzene rings is 1. The Hall–Kier alpha value is -0.330. The van der Waals surface area contributed by atoms with Gasteiger partial charge in [-0.1, -0.05) is 23.7 Å². The second-order valence-electron chi connectivity index (χ2n) is 4.93. The molecule has 0 amide bonds. The van der Waals surface area contributed by atoms with Crippen LogP contribution in [0.5, 0.6) is 0 Å². The first-order valence-corrected chi connectivity index (χ1v) is 8.32. The van der Waals surface area contributed by atoms with E-state index in [0.29, 0.717) is 17.5 Å². The Morgan fingerprint density at radius 3 is 2.85 bits per heavy atom. The van der Waals surface area contributed by atoms with Crippen LogP contribution in [-0.4, -0.2) is 28.1 Å². The van der Waals surface area contributed by atoms with Crippen LogP contribution in [0.15, 0.2) is 23.1 Å². The average Bonchev–Trinajstić information content (AvgIpc) is 2.85. The van der Waals surface area contributed by atoms with E-state index in [-0.39, 0.29) is 17.3 Å². The van der Waals surface area contributed by atoms with Crippen LogP contribution in [-0.2, 0) is 10.0 Å². The maximum absolute atomic E-state index is 12.2. The summed E-state index contributed by atoms with van der Waals surface area (Å²) in [5.41, 5.74) is 0.768. The van der Waals surface area contributed by atoms with Gasteiger partial charge in [0.2, 0.25) is 10.0 Å².